The highest BCUT2D eigenvalue weighted by Gasteiger charge is 2.57. The standard InChI is InChI=1S/C24H18FN3O3/c1-31-19-13-7-15(8-14-19)21-20-22(28(26-21)18-5-3-2-4-6-18)24(30)27(23(20)29)17-11-9-16(25)10-12-17/h2-14,20,22H,1H3. The number of hydrogen-bond donors (Lipinski definition) is 0. The molecule has 2 amide bonds. The number of amides is 2. The molecule has 2 aliphatic rings. The molecule has 2 aliphatic heterocycles. The number of hydrazone groups is 1. The maximum Gasteiger partial charge on any atom is 0.259 e. The Labute approximate surface area is 178 Å². The van der Waals surface area contributed by atoms with Crippen LogP contribution in [0.25, 0.3) is 0 Å². The summed E-state index contributed by atoms with van der Waals surface area (Å²) in [5, 5.41) is 6.30. The lowest BCUT2D eigenvalue weighted by Crippen LogP contribution is -2.39. The van der Waals surface area contributed by atoms with Gasteiger partial charge in [-0.15, -0.1) is 0 Å². The molecule has 0 saturated carbocycles. The Balaban J connectivity index is 1.61. The van der Waals surface area contributed by atoms with Crippen LogP contribution in [0.4, 0.5) is 15.8 Å². The highest BCUT2D eigenvalue weighted by atomic mass is 19.1. The fourth-order valence-corrected chi connectivity index (χ4v) is 4.05. The summed E-state index contributed by atoms with van der Waals surface area (Å²) in [5.41, 5.74) is 2.30. The average Bonchev–Trinajstić information content (AvgIpc) is 3.32. The monoisotopic (exact) mass is 415 g/mol. The first-order valence-electron chi connectivity index (χ1n) is 9.79. The number of imide groups is 1. The van der Waals surface area contributed by atoms with Gasteiger partial charge in [0.15, 0.2) is 0 Å². The molecule has 0 N–H and O–H groups in total. The zero-order valence-electron chi connectivity index (χ0n) is 16.6. The molecule has 2 heterocycles. The van der Waals surface area contributed by atoms with E-state index in [-0.39, 0.29) is 5.91 Å². The molecule has 7 heteroatoms. The molecular formula is C24H18FN3O3. The summed E-state index contributed by atoms with van der Waals surface area (Å²) >= 11 is 0. The zero-order valence-corrected chi connectivity index (χ0v) is 16.6. The highest BCUT2D eigenvalue weighted by molar-refractivity contribution is 6.34. The quantitative estimate of drug-likeness (QED) is 0.611. The molecule has 1 saturated heterocycles. The number of fused-ring (bicyclic) bond motifs is 1. The summed E-state index contributed by atoms with van der Waals surface area (Å²) in [4.78, 5) is 28.0. The molecule has 6 nitrogen and oxygen atoms in total. The van der Waals surface area contributed by atoms with Gasteiger partial charge in [-0.2, -0.15) is 5.10 Å². The van der Waals surface area contributed by atoms with Crippen molar-refractivity contribution in [3.8, 4) is 5.75 Å². The minimum absolute atomic E-state index is 0.341. The first-order chi connectivity index (χ1) is 15.1. The molecule has 0 bridgehead atoms. The van der Waals surface area contributed by atoms with E-state index in [1.807, 2.05) is 42.5 Å². The Morgan fingerprint density at radius 1 is 0.839 bits per heavy atom. The lowest BCUT2D eigenvalue weighted by molar-refractivity contribution is -0.121. The molecule has 3 aromatic carbocycles. The van der Waals surface area contributed by atoms with Crippen LogP contribution in [0.3, 0.4) is 0 Å². The van der Waals surface area contributed by atoms with Crippen molar-refractivity contribution in [2.45, 2.75) is 6.04 Å². The van der Waals surface area contributed by atoms with Crippen molar-refractivity contribution in [3.05, 3.63) is 90.2 Å². The summed E-state index contributed by atoms with van der Waals surface area (Å²) in [6.07, 6.45) is 0. The number of anilines is 2. The molecule has 2 atom stereocenters. The molecule has 1 fully saturated rings. The number of nitrogens with zero attached hydrogens (tertiary/aromatic N) is 3. The van der Waals surface area contributed by atoms with Crippen LogP contribution >= 0.6 is 0 Å². The number of carbonyl (C=O) groups excluding carboxylic acids is 2. The minimum atomic E-state index is -0.808. The smallest absolute Gasteiger partial charge is 0.259 e. The molecule has 5 rings (SSSR count). The topological polar surface area (TPSA) is 62.2 Å². The minimum Gasteiger partial charge on any atom is -0.497 e. The van der Waals surface area contributed by atoms with Gasteiger partial charge in [0.25, 0.3) is 5.91 Å². The Morgan fingerprint density at radius 2 is 1.52 bits per heavy atom. The third-order valence-corrected chi connectivity index (χ3v) is 5.54. The molecule has 31 heavy (non-hydrogen) atoms. The van der Waals surface area contributed by atoms with Crippen molar-refractivity contribution in [1.29, 1.82) is 0 Å². The molecular weight excluding hydrogens is 397 g/mol. The third kappa shape index (κ3) is 3.06. The zero-order chi connectivity index (χ0) is 21.5. The Morgan fingerprint density at radius 3 is 2.16 bits per heavy atom. The predicted molar refractivity (Wildman–Crippen MR) is 115 cm³/mol. The number of rotatable bonds is 4. The Hall–Kier alpha value is -4.00. The van der Waals surface area contributed by atoms with Gasteiger partial charge >= 0.3 is 0 Å². The van der Waals surface area contributed by atoms with E-state index >= 15 is 0 Å². The van der Waals surface area contributed by atoms with Gasteiger partial charge in [0.2, 0.25) is 5.91 Å². The second-order valence-electron chi connectivity index (χ2n) is 7.30. The van der Waals surface area contributed by atoms with Crippen molar-refractivity contribution in [1.82, 2.24) is 0 Å². The van der Waals surface area contributed by atoms with Gasteiger partial charge in [-0.25, -0.2) is 9.29 Å². The van der Waals surface area contributed by atoms with Crippen LogP contribution in [-0.4, -0.2) is 30.7 Å². The van der Waals surface area contributed by atoms with Gasteiger partial charge in [-0.3, -0.25) is 14.6 Å². The Bertz CT molecular complexity index is 1180. The lowest BCUT2D eigenvalue weighted by atomic mass is 9.93. The van der Waals surface area contributed by atoms with Crippen molar-refractivity contribution >= 4 is 28.9 Å². The molecule has 0 aliphatic carbocycles. The molecule has 0 radical (unpaired) electrons. The summed E-state index contributed by atoms with van der Waals surface area (Å²) in [5.74, 6) is -1.30. The van der Waals surface area contributed by atoms with Crippen LogP contribution in [0.5, 0.6) is 5.75 Å². The van der Waals surface area contributed by atoms with Crippen LogP contribution < -0.4 is 14.6 Å². The van der Waals surface area contributed by atoms with Crippen LogP contribution in [0.15, 0.2) is 84.0 Å². The first kappa shape index (κ1) is 19.0. The average molecular weight is 415 g/mol. The van der Waals surface area contributed by atoms with Crippen LogP contribution in [0, 0.1) is 11.7 Å². The SMILES string of the molecule is COc1ccc(C2=NN(c3ccccc3)C3C(=O)N(c4ccc(F)cc4)C(=O)C23)cc1. The Kier molecular flexibility index (Phi) is 4.51. The second kappa shape index (κ2) is 7.36. The molecule has 0 aromatic heterocycles. The fourth-order valence-electron chi connectivity index (χ4n) is 4.05. The van der Waals surface area contributed by atoms with Crippen LogP contribution in [-0.2, 0) is 9.59 Å². The van der Waals surface area contributed by atoms with Crippen LogP contribution in [0.2, 0.25) is 0 Å². The van der Waals surface area contributed by atoms with E-state index in [0.29, 0.717) is 22.8 Å². The van der Waals surface area contributed by atoms with Crippen molar-refractivity contribution in [3.63, 3.8) is 0 Å². The molecule has 154 valence electrons. The maximum atomic E-state index is 13.4. The van der Waals surface area contributed by atoms with E-state index in [1.54, 1.807) is 24.3 Å². The predicted octanol–water partition coefficient (Wildman–Crippen LogP) is 3.62. The second-order valence-corrected chi connectivity index (χ2v) is 7.30. The number of halogens is 1. The van der Waals surface area contributed by atoms with Gasteiger partial charge in [0.05, 0.1) is 24.2 Å². The van der Waals surface area contributed by atoms with E-state index in [0.717, 1.165) is 10.5 Å². The van der Waals surface area contributed by atoms with E-state index in [4.69, 9.17) is 9.84 Å². The summed E-state index contributed by atoms with van der Waals surface area (Å²) in [6.45, 7) is 0. The van der Waals surface area contributed by atoms with E-state index < -0.39 is 23.7 Å². The van der Waals surface area contributed by atoms with Crippen molar-refractivity contribution in [2.24, 2.45) is 11.0 Å². The van der Waals surface area contributed by atoms with Crippen molar-refractivity contribution < 1.29 is 18.7 Å². The molecule has 0 spiro atoms. The highest BCUT2D eigenvalue weighted by Crippen LogP contribution is 2.39. The first-order valence-corrected chi connectivity index (χ1v) is 9.79. The van der Waals surface area contributed by atoms with Crippen LogP contribution in [0.1, 0.15) is 5.56 Å². The van der Waals surface area contributed by atoms with E-state index in [2.05, 4.69) is 0 Å². The molecule has 2 unspecified atom stereocenters. The van der Waals surface area contributed by atoms with Gasteiger partial charge in [-0.1, -0.05) is 18.2 Å². The van der Waals surface area contributed by atoms with E-state index in [9.17, 15) is 14.0 Å². The number of ether oxygens (including phenoxy) is 1. The molecule has 3 aromatic rings. The number of benzene rings is 3. The fraction of sp³-hybridized carbons (Fsp3) is 0.125. The largest absolute Gasteiger partial charge is 0.497 e. The number of para-hydroxylation sites is 1. The van der Waals surface area contributed by atoms with Gasteiger partial charge in [0.1, 0.15) is 23.5 Å². The summed E-state index contributed by atoms with van der Waals surface area (Å²) < 4.78 is 18.6. The van der Waals surface area contributed by atoms with E-state index in [1.165, 1.54) is 24.3 Å². The maximum absolute atomic E-state index is 13.4. The number of carbonyl (C=O) groups is 2. The lowest BCUT2D eigenvalue weighted by Gasteiger charge is -2.22. The normalized spacial score (nSPS) is 20.1. The van der Waals surface area contributed by atoms with Gasteiger partial charge in [0, 0.05) is 0 Å². The summed E-state index contributed by atoms with van der Waals surface area (Å²) in [7, 11) is 1.58. The van der Waals surface area contributed by atoms with Gasteiger partial charge < -0.3 is 4.74 Å². The van der Waals surface area contributed by atoms with Gasteiger partial charge in [-0.05, 0) is 66.2 Å². The summed E-state index contributed by atoms with van der Waals surface area (Å²) in [6, 6.07) is 21.0. The number of methoxy groups -OCH3 is 1. The van der Waals surface area contributed by atoms with Crippen molar-refractivity contribution in [2.75, 3.05) is 17.0 Å². The third-order valence-electron chi connectivity index (χ3n) is 5.54. The number of hydrogen-bond acceptors (Lipinski definition) is 5.